The summed E-state index contributed by atoms with van der Waals surface area (Å²) in [4.78, 5) is 4.32. The topological polar surface area (TPSA) is 36.6 Å². The Morgan fingerprint density at radius 2 is 2.00 bits per heavy atom. The predicted molar refractivity (Wildman–Crippen MR) is 75.7 cm³/mol. The molecule has 1 rings (SSSR count). The number of amidine groups is 1. The van der Waals surface area contributed by atoms with Crippen LogP contribution in [0.15, 0.2) is 29.3 Å². The number of benzene rings is 1. The van der Waals surface area contributed by atoms with Crippen molar-refractivity contribution in [2.45, 2.75) is 0 Å². The highest BCUT2D eigenvalue weighted by Gasteiger charge is 2.03. The molecule has 1 aromatic carbocycles. The molecule has 0 aromatic heterocycles. The zero-order chi connectivity index (χ0) is 12.7. The highest BCUT2D eigenvalue weighted by molar-refractivity contribution is 8.13. The molecule has 4 nitrogen and oxygen atoms in total. The van der Waals surface area contributed by atoms with Crippen molar-refractivity contribution in [1.29, 1.82) is 0 Å². The first kappa shape index (κ1) is 13.6. The van der Waals surface area contributed by atoms with Crippen molar-refractivity contribution < 1.29 is 9.31 Å². The van der Waals surface area contributed by atoms with E-state index < -0.39 is 0 Å². The average Bonchev–Trinajstić information content (AvgIpc) is 2.35. The van der Waals surface area contributed by atoms with E-state index in [1.54, 1.807) is 25.2 Å². The van der Waals surface area contributed by atoms with E-state index in [4.69, 9.17) is 4.74 Å². The number of hydrogen-bond acceptors (Lipinski definition) is 2. The van der Waals surface area contributed by atoms with Crippen LogP contribution in [0.25, 0.3) is 0 Å². The minimum atomic E-state index is 0.845. The Labute approximate surface area is 106 Å². The average molecular weight is 252 g/mol. The van der Waals surface area contributed by atoms with Gasteiger partial charge < -0.3 is 10.1 Å². The van der Waals surface area contributed by atoms with Gasteiger partial charge in [-0.1, -0.05) is 11.8 Å². The van der Waals surface area contributed by atoms with Crippen molar-refractivity contribution in [3.63, 3.8) is 0 Å². The summed E-state index contributed by atoms with van der Waals surface area (Å²) in [5.74, 6) is 0.845. The molecule has 0 fully saturated rings. The Bertz CT molecular complexity index is 408. The van der Waals surface area contributed by atoms with Gasteiger partial charge in [-0.2, -0.15) is 0 Å². The fourth-order valence-corrected chi connectivity index (χ4v) is 1.47. The normalized spacial score (nSPS) is 10.9. The third kappa shape index (κ3) is 4.91. The number of rotatable bonds is 3. The molecule has 0 atom stereocenters. The van der Waals surface area contributed by atoms with Crippen molar-refractivity contribution in [1.82, 2.24) is 0 Å². The van der Waals surface area contributed by atoms with Gasteiger partial charge in [-0.15, -0.1) is 0 Å². The first-order valence-corrected chi connectivity index (χ1v) is 6.41. The molecule has 0 bridgehead atoms. The molecule has 0 unspecified atom stereocenters. The van der Waals surface area contributed by atoms with E-state index in [1.807, 2.05) is 49.2 Å². The highest BCUT2D eigenvalue weighted by atomic mass is 32.2. The van der Waals surface area contributed by atoms with Gasteiger partial charge in [0.05, 0.1) is 21.2 Å². The van der Waals surface area contributed by atoms with Gasteiger partial charge in [-0.25, -0.2) is 0 Å². The third-order valence-corrected chi connectivity index (χ3v) is 2.53. The Kier molecular flexibility index (Phi) is 5.56. The molecule has 5 heteroatoms. The molecule has 1 aromatic rings. The Hall–Kier alpha value is -1.49. The number of methoxy groups -OCH3 is 1. The van der Waals surface area contributed by atoms with Crippen molar-refractivity contribution in [3.8, 4) is 5.75 Å². The maximum atomic E-state index is 5.10. The van der Waals surface area contributed by atoms with Crippen LogP contribution in [0, 0.1) is 0 Å². The molecule has 0 spiro atoms. The largest absolute Gasteiger partial charge is 0.497 e. The molecular formula is C12H18N3OS+. The molecule has 0 aliphatic heterocycles. The predicted octanol–water partition coefficient (Wildman–Crippen LogP) is 2.13. The molecule has 0 saturated heterocycles. The Morgan fingerprint density at radius 3 is 2.47 bits per heavy atom. The molecule has 0 amide bonds. The number of aliphatic imine (C=N–C) groups is 1. The number of thioether (sulfide) groups is 1. The quantitative estimate of drug-likeness (QED) is 0.508. The van der Waals surface area contributed by atoms with Gasteiger partial charge in [0.15, 0.2) is 0 Å². The molecule has 17 heavy (non-hydrogen) atoms. The van der Waals surface area contributed by atoms with E-state index in [1.165, 1.54) is 0 Å². The summed E-state index contributed by atoms with van der Waals surface area (Å²) in [5.41, 5.74) is 0.992. The maximum Gasteiger partial charge on any atom is 0.284 e. The van der Waals surface area contributed by atoms with Crippen molar-refractivity contribution in [2.75, 3.05) is 32.8 Å². The van der Waals surface area contributed by atoms with E-state index in [9.17, 15) is 0 Å². The summed E-state index contributed by atoms with van der Waals surface area (Å²) < 4.78 is 7.00. The number of nitrogens with zero attached hydrogens (tertiary/aromatic N) is 2. The Balaban J connectivity index is 2.73. The molecule has 1 N–H and O–H groups in total. The number of nitrogens with one attached hydrogen (secondary N) is 1. The minimum Gasteiger partial charge on any atom is -0.497 e. The van der Waals surface area contributed by atoms with Crippen molar-refractivity contribution >= 4 is 29.0 Å². The van der Waals surface area contributed by atoms with E-state index in [2.05, 4.69) is 10.3 Å². The summed E-state index contributed by atoms with van der Waals surface area (Å²) in [7, 11) is 5.53. The lowest BCUT2D eigenvalue weighted by Crippen LogP contribution is -2.09. The maximum absolute atomic E-state index is 5.10. The zero-order valence-electron chi connectivity index (χ0n) is 10.6. The second-order valence-electron chi connectivity index (χ2n) is 3.57. The highest BCUT2D eigenvalue weighted by Crippen LogP contribution is 2.16. The van der Waals surface area contributed by atoms with Crippen LogP contribution >= 0.6 is 11.8 Å². The molecule has 0 radical (unpaired) electrons. The van der Waals surface area contributed by atoms with Gasteiger partial charge >= 0.3 is 0 Å². The lowest BCUT2D eigenvalue weighted by molar-refractivity contribution is -0.460. The van der Waals surface area contributed by atoms with Crippen LogP contribution in [0.2, 0.25) is 0 Å². The Morgan fingerprint density at radius 1 is 1.35 bits per heavy atom. The summed E-state index contributed by atoms with van der Waals surface area (Å²) in [6, 6.07) is 7.74. The molecule has 0 aliphatic carbocycles. The number of ether oxygens (including phenoxy) is 1. The van der Waals surface area contributed by atoms with Gasteiger partial charge in [0.2, 0.25) is 0 Å². The van der Waals surface area contributed by atoms with Gasteiger partial charge in [0.25, 0.3) is 11.5 Å². The molecule has 0 aliphatic rings. The van der Waals surface area contributed by atoms with E-state index in [-0.39, 0.29) is 0 Å². The van der Waals surface area contributed by atoms with Crippen LogP contribution in [0.1, 0.15) is 0 Å². The second-order valence-corrected chi connectivity index (χ2v) is 4.37. The van der Waals surface area contributed by atoms with Crippen LogP contribution in [0.5, 0.6) is 5.75 Å². The van der Waals surface area contributed by atoms with Crippen LogP contribution in [0.4, 0.5) is 5.69 Å². The first-order chi connectivity index (χ1) is 8.15. The number of hydrogen-bond donors (Lipinski definition) is 1. The molecular weight excluding hydrogens is 234 g/mol. The lowest BCUT2D eigenvalue weighted by atomic mass is 10.3. The van der Waals surface area contributed by atoms with Crippen LogP contribution < -0.4 is 10.1 Å². The standard InChI is InChI=1S/C12H17N3OS/c1-15(2)9-13-12(17-4)14-10-5-7-11(16-3)8-6-10/h5-9H,1-4H3/p+1. The van der Waals surface area contributed by atoms with Gasteiger partial charge in [-0.05, 0) is 35.5 Å². The molecule has 0 heterocycles. The number of anilines is 1. The zero-order valence-corrected chi connectivity index (χ0v) is 11.4. The summed E-state index contributed by atoms with van der Waals surface area (Å²) in [6.07, 6.45) is 3.75. The van der Waals surface area contributed by atoms with Crippen LogP contribution in [0.3, 0.4) is 0 Å². The van der Waals surface area contributed by atoms with Gasteiger partial charge in [0, 0.05) is 5.69 Å². The van der Waals surface area contributed by atoms with Crippen LogP contribution in [-0.4, -0.2) is 43.5 Å². The minimum absolute atomic E-state index is 0.845. The molecule has 0 saturated carbocycles. The first-order valence-electron chi connectivity index (χ1n) is 5.18. The van der Waals surface area contributed by atoms with Gasteiger partial charge in [-0.3, -0.25) is 4.58 Å². The monoisotopic (exact) mass is 252 g/mol. The lowest BCUT2D eigenvalue weighted by Gasteiger charge is -2.04. The summed E-state index contributed by atoms with van der Waals surface area (Å²) in [5, 5.41) is 4.09. The SMILES string of the molecule is COc1ccc(NC(=NC=[N+](C)C)SC)cc1. The third-order valence-electron chi connectivity index (χ3n) is 1.94. The van der Waals surface area contributed by atoms with E-state index >= 15 is 0 Å². The van der Waals surface area contributed by atoms with E-state index in [0.29, 0.717) is 0 Å². The summed E-state index contributed by atoms with van der Waals surface area (Å²) >= 11 is 1.57. The molecule has 92 valence electrons. The smallest absolute Gasteiger partial charge is 0.284 e. The van der Waals surface area contributed by atoms with Crippen molar-refractivity contribution in [2.24, 2.45) is 4.99 Å². The fraction of sp³-hybridized carbons (Fsp3) is 0.333. The van der Waals surface area contributed by atoms with Gasteiger partial charge in [0.1, 0.15) is 5.75 Å². The fourth-order valence-electron chi connectivity index (χ4n) is 1.10. The second kappa shape index (κ2) is 6.96. The van der Waals surface area contributed by atoms with Crippen molar-refractivity contribution in [3.05, 3.63) is 24.3 Å². The summed E-state index contributed by atoms with van der Waals surface area (Å²) in [6.45, 7) is 0. The van der Waals surface area contributed by atoms with E-state index in [0.717, 1.165) is 16.6 Å². The van der Waals surface area contributed by atoms with Crippen LogP contribution in [-0.2, 0) is 0 Å².